The van der Waals surface area contributed by atoms with E-state index in [1.807, 2.05) is 0 Å². The highest BCUT2D eigenvalue weighted by Gasteiger charge is 2.29. The van der Waals surface area contributed by atoms with E-state index in [0.717, 1.165) is 63.8 Å². The van der Waals surface area contributed by atoms with Crippen LogP contribution in [-0.4, -0.2) is 11.7 Å². The molecule has 0 saturated heterocycles. The molecule has 0 spiro atoms. The van der Waals surface area contributed by atoms with Gasteiger partial charge in [0.1, 0.15) is 22.8 Å². The topological polar surface area (TPSA) is 49.9 Å². The number of furan rings is 1. The van der Waals surface area contributed by atoms with Crippen LogP contribution in [-0.2, 0) is 0 Å². The summed E-state index contributed by atoms with van der Waals surface area (Å²) in [6.07, 6.45) is 26.9. The van der Waals surface area contributed by atoms with Crippen LogP contribution >= 0.6 is 0 Å². The van der Waals surface area contributed by atoms with Gasteiger partial charge in [0.2, 0.25) is 0 Å². The average molecular weight is 658 g/mol. The molecule has 1 N–H and O–H groups in total. The Labute approximate surface area is 296 Å². The van der Waals surface area contributed by atoms with Gasteiger partial charge >= 0.3 is 0 Å². The van der Waals surface area contributed by atoms with Crippen molar-refractivity contribution >= 4 is 60.7 Å². The maximum Gasteiger partial charge on any atom is 0.169 e. The Bertz CT molecular complexity index is 2680. The zero-order chi connectivity index (χ0) is 33.5. The van der Waals surface area contributed by atoms with Crippen molar-refractivity contribution in [3.8, 4) is 11.1 Å². The highest BCUT2D eigenvalue weighted by Crippen LogP contribution is 2.46. The molecule has 0 amide bonds. The maximum absolute atomic E-state index is 6.75. The fourth-order valence-electron chi connectivity index (χ4n) is 8.61. The lowest BCUT2D eigenvalue weighted by Gasteiger charge is -2.29. The molecule has 0 radical (unpaired) electrons. The van der Waals surface area contributed by atoms with Crippen LogP contribution in [0.25, 0.3) is 60.2 Å². The van der Waals surface area contributed by atoms with Crippen LogP contribution in [0, 0.1) is 11.8 Å². The van der Waals surface area contributed by atoms with Crippen molar-refractivity contribution < 1.29 is 4.42 Å². The molecule has 244 valence electrons. The summed E-state index contributed by atoms with van der Waals surface area (Å²) >= 11 is 0. The highest BCUT2D eigenvalue weighted by molar-refractivity contribution is 6.17. The lowest BCUT2D eigenvalue weighted by molar-refractivity contribution is 0.671. The Morgan fingerprint density at radius 1 is 0.608 bits per heavy atom. The lowest BCUT2D eigenvalue weighted by atomic mass is 9.85. The largest absolute Gasteiger partial charge is 0.455 e. The summed E-state index contributed by atoms with van der Waals surface area (Å²) in [5.41, 5.74) is 9.63. The van der Waals surface area contributed by atoms with Crippen molar-refractivity contribution in [3.05, 3.63) is 162 Å². The first-order valence-corrected chi connectivity index (χ1v) is 18.2. The summed E-state index contributed by atoms with van der Waals surface area (Å²) in [4.78, 5) is 10.7. The number of hydrogen-bond acceptors (Lipinski definition) is 4. The van der Waals surface area contributed by atoms with Crippen molar-refractivity contribution in [1.82, 2.24) is 5.32 Å². The molecule has 0 fully saturated rings. The van der Waals surface area contributed by atoms with E-state index in [-0.39, 0.29) is 23.9 Å². The third kappa shape index (κ3) is 4.74. The van der Waals surface area contributed by atoms with Gasteiger partial charge in [0, 0.05) is 39.5 Å². The van der Waals surface area contributed by atoms with E-state index >= 15 is 0 Å². The van der Waals surface area contributed by atoms with Crippen LogP contribution in [0.1, 0.15) is 48.0 Å². The quantitative estimate of drug-likeness (QED) is 0.200. The van der Waals surface area contributed by atoms with E-state index in [4.69, 9.17) is 14.4 Å². The molecule has 0 saturated carbocycles. The molecule has 4 heteroatoms. The van der Waals surface area contributed by atoms with Gasteiger partial charge in [-0.05, 0) is 93.6 Å². The second kappa shape index (κ2) is 11.3. The molecule has 5 aliphatic carbocycles. The number of fused-ring (bicyclic) bond motifs is 8. The zero-order valence-electron chi connectivity index (χ0n) is 28.1. The SMILES string of the molecule is C1=CCC(C2=NC(c3cc4c(oc5cccc(C6C=CC(c7ccc8c9cc-9cc8c7)=CC6)c54)c4ccccc34)N=C(C3C=CC=CC3)N2)C=C1. The summed E-state index contributed by atoms with van der Waals surface area (Å²) in [5.74, 6) is 2.59. The van der Waals surface area contributed by atoms with E-state index in [1.165, 1.54) is 44.0 Å². The molecule has 11 rings (SSSR count). The normalized spacial score (nSPS) is 23.2. The maximum atomic E-state index is 6.75. The second-order valence-corrected chi connectivity index (χ2v) is 14.4. The zero-order valence-corrected chi connectivity index (χ0v) is 28.1. The van der Waals surface area contributed by atoms with Crippen LogP contribution < -0.4 is 5.32 Å². The fraction of sp³-hybridized carbons (Fsp3) is 0.149. The molecular weight excluding hydrogens is 623 g/mol. The number of rotatable bonds is 5. The van der Waals surface area contributed by atoms with Crippen LogP contribution in [0.15, 0.2) is 160 Å². The Hall–Kier alpha value is -6.00. The lowest BCUT2D eigenvalue weighted by Crippen LogP contribution is -2.42. The number of aliphatic imine (C=N–C) groups is 2. The summed E-state index contributed by atoms with van der Waals surface area (Å²) in [7, 11) is 0. The number of hydrogen-bond donors (Lipinski definition) is 1. The van der Waals surface area contributed by atoms with Gasteiger partial charge in [0.05, 0.1) is 0 Å². The minimum absolute atomic E-state index is 0.190. The minimum atomic E-state index is -0.369. The van der Waals surface area contributed by atoms with Crippen molar-refractivity contribution in [2.45, 2.75) is 31.3 Å². The Morgan fingerprint density at radius 3 is 2.14 bits per heavy atom. The van der Waals surface area contributed by atoms with E-state index in [1.54, 1.807) is 0 Å². The Kier molecular flexibility index (Phi) is 6.36. The Morgan fingerprint density at radius 2 is 1.39 bits per heavy atom. The van der Waals surface area contributed by atoms with Gasteiger partial charge in [-0.1, -0.05) is 115 Å². The molecule has 4 nitrogen and oxygen atoms in total. The van der Waals surface area contributed by atoms with Gasteiger partial charge in [-0.2, -0.15) is 0 Å². The second-order valence-electron chi connectivity index (χ2n) is 14.4. The number of benzene rings is 5. The van der Waals surface area contributed by atoms with Crippen molar-refractivity contribution in [3.63, 3.8) is 0 Å². The van der Waals surface area contributed by atoms with Crippen LogP contribution in [0.4, 0.5) is 0 Å². The summed E-state index contributed by atoms with van der Waals surface area (Å²) in [6.45, 7) is 0. The Balaban J connectivity index is 1.03. The molecule has 3 atom stereocenters. The molecular formula is C47H35N3O. The van der Waals surface area contributed by atoms with Crippen molar-refractivity contribution in [2.75, 3.05) is 0 Å². The molecule has 5 aromatic rings. The van der Waals surface area contributed by atoms with E-state index in [0.29, 0.717) is 0 Å². The van der Waals surface area contributed by atoms with E-state index < -0.39 is 0 Å². The monoisotopic (exact) mass is 657 g/mol. The van der Waals surface area contributed by atoms with Gasteiger partial charge in [0.15, 0.2) is 6.17 Å². The minimum Gasteiger partial charge on any atom is -0.455 e. The van der Waals surface area contributed by atoms with E-state index in [2.05, 4.69) is 151 Å². The smallest absolute Gasteiger partial charge is 0.169 e. The molecule has 4 aromatic carbocycles. The molecule has 51 heavy (non-hydrogen) atoms. The molecule has 3 unspecified atom stereocenters. The predicted molar refractivity (Wildman–Crippen MR) is 212 cm³/mol. The predicted octanol–water partition coefficient (Wildman–Crippen LogP) is 11.7. The summed E-state index contributed by atoms with van der Waals surface area (Å²) < 4.78 is 6.75. The van der Waals surface area contributed by atoms with Gasteiger partial charge in [-0.25, -0.2) is 9.98 Å². The number of allylic oxidation sites excluding steroid dienone is 10. The molecule has 6 aliphatic rings. The van der Waals surface area contributed by atoms with Gasteiger partial charge in [-0.15, -0.1) is 0 Å². The molecule has 1 aliphatic heterocycles. The summed E-state index contributed by atoms with van der Waals surface area (Å²) in [5, 5.41) is 10.9. The van der Waals surface area contributed by atoms with Crippen LogP contribution in [0.5, 0.6) is 0 Å². The molecule has 0 bridgehead atoms. The van der Waals surface area contributed by atoms with Gasteiger partial charge in [0.25, 0.3) is 0 Å². The molecule has 1 aromatic heterocycles. The van der Waals surface area contributed by atoms with Crippen LogP contribution in [0.2, 0.25) is 0 Å². The van der Waals surface area contributed by atoms with Crippen molar-refractivity contribution in [1.29, 1.82) is 0 Å². The third-order valence-electron chi connectivity index (χ3n) is 11.3. The van der Waals surface area contributed by atoms with Gasteiger partial charge < -0.3 is 9.73 Å². The fourth-order valence-corrected chi connectivity index (χ4v) is 8.61. The first-order chi connectivity index (χ1) is 25.2. The van der Waals surface area contributed by atoms with E-state index in [9.17, 15) is 0 Å². The number of nitrogens with one attached hydrogen (secondary N) is 1. The average Bonchev–Trinajstić information content (AvgIpc) is 3.72. The number of nitrogens with zero attached hydrogens (tertiary/aromatic N) is 2. The third-order valence-corrected chi connectivity index (χ3v) is 11.3. The number of amidine groups is 2. The first-order valence-electron chi connectivity index (χ1n) is 18.2. The first kappa shape index (κ1) is 28.8. The summed E-state index contributed by atoms with van der Waals surface area (Å²) in [6, 6.07) is 28.9. The standard InChI is InChI=1S/C47H35N3O/c1-3-10-30(11-4-1)45-48-46(31-12-5-2-6-13-31)50-47(49-45)40-27-41-43-36(16-9-17-42(43)51-44(41)38-15-8-7-14-37(38)40)29-20-18-28(19-21-29)32-22-23-35-33(24-32)25-34-26-39(34)35/h1-10,12,14-20,22-27,29-31,47H,11,13,21H2,(H,48,49,50). The molecule has 2 heterocycles. The highest BCUT2D eigenvalue weighted by atomic mass is 16.3. The van der Waals surface area contributed by atoms with Gasteiger partial charge in [-0.3, -0.25) is 0 Å². The van der Waals surface area contributed by atoms with Crippen LogP contribution in [0.3, 0.4) is 0 Å². The van der Waals surface area contributed by atoms with Crippen molar-refractivity contribution in [2.24, 2.45) is 21.8 Å².